The van der Waals surface area contributed by atoms with Gasteiger partial charge in [-0.1, -0.05) is 12.2 Å². The van der Waals surface area contributed by atoms with Crippen molar-refractivity contribution in [1.29, 1.82) is 0 Å². The summed E-state index contributed by atoms with van der Waals surface area (Å²) in [5.41, 5.74) is 0.895. The van der Waals surface area contributed by atoms with Gasteiger partial charge in [-0.05, 0) is 32.1 Å². The third-order valence-corrected chi connectivity index (χ3v) is 3.76. The summed E-state index contributed by atoms with van der Waals surface area (Å²) in [6.07, 6.45) is 3.10. The Morgan fingerprint density at radius 2 is 2.24 bits per heavy atom. The molecule has 0 radical (unpaired) electrons. The molecule has 0 spiro atoms. The smallest absolute Gasteiger partial charge is 0.305 e. The molecule has 1 aromatic rings. The molecule has 1 unspecified atom stereocenters. The molecule has 0 saturated heterocycles. The van der Waals surface area contributed by atoms with Crippen molar-refractivity contribution in [3.05, 3.63) is 46.4 Å². The van der Waals surface area contributed by atoms with Crippen LogP contribution < -0.4 is 5.32 Å². The maximum absolute atomic E-state index is 11.8. The SMILES string of the molecule is C=C(C)/C=C/OC(C)c1ccc(C(=O)NCCC(=O)O)s1. The number of carbonyl (C=O) groups is 2. The van der Waals surface area contributed by atoms with E-state index in [1.807, 2.05) is 19.9 Å². The van der Waals surface area contributed by atoms with Crippen LogP contribution in [0.25, 0.3) is 0 Å². The molecule has 0 aromatic carbocycles. The van der Waals surface area contributed by atoms with Gasteiger partial charge in [0.2, 0.25) is 0 Å². The number of thiophene rings is 1. The van der Waals surface area contributed by atoms with Crippen molar-refractivity contribution in [3.63, 3.8) is 0 Å². The second kappa shape index (κ2) is 8.26. The third-order valence-electron chi connectivity index (χ3n) is 2.51. The van der Waals surface area contributed by atoms with E-state index >= 15 is 0 Å². The van der Waals surface area contributed by atoms with Gasteiger partial charge in [0.05, 0.1) is 17.6 Å². The zero-order valence-electron chi connectivity index (χ0n) is 12.1. The highest BCUT2D eigenvalue weighted by atomic mass is 32.1. The van der Waals surface area contributed by atoms with Crippen LogP contribution in [0.3, 0.4) is 0 Å². The number of nitrogens with one attached hydrogen (secondary N) is 1. The van der Waals surface area contributed by atoms with Gasteiger partial charge < -0.3 is 15.2 Å². The van der Waals surface area contributed by atoms with E-state index in [4.69, 9.17) is 9.84 Å². The number of carboxylic acid groups (broad SMARTS) is 1. The van der Waals surface area contributed by atoms with Crippen LogP contribution >= 0.6 is 11.3 Å². The van der Waals surface area contributed by atoms with Crippen LogP contribution in [0.4, 0.5) is 0 Å². The zero-order chi connectivity index (χ0) is 15.8. The number of allylic oxidation sites excluding steroid dienone is 2. The van der Waals surface area contributed by atoms with Gasteiger partial charge in [0.25, 0.3) is 5.91 Å². The van der Waals surface area contributed by atoms with Gasteiger partial charge in [-0.3, -0.25) is 9.59 Å². The Kier molecular flexibility index (Phi) is 6.68. The van der Waals surface area contributed by atoms with Gasteiger partial charge in [0, 0.05) is 11.4 Å². The lowest BCUT2D eigenvalue weighted by Crippen LogP contribution is -2.25. The maximum atomic E-state index is 11.8. The van der Waals surface area contributed by atoms with Crippen LogP contribution in [0.15, 0.2) is 36.6 Å². The van der Waals surface area contributed by atoms with Crippen LogP contribution in [0, 0.1) is 0 Å². The number of aliphatic carboxylic acids is 1. The van der Waals surface area contributed by atoms with Crippen molar-refractivity contribution in [2.24, 2.45) is 0 Å². The topological polar surface area (TPSA) is 75.6 Å². The van der Waals surface area contributed by atoms with Crippen LogP contribution in [-0.4, -0.2) is 23.5 Å². The number of carboxylic acids is 1. The summed E-state index contributed by atoms with van der Waals surface area (Å²) in [5, 5.41) is 11.1. The van der Waals surface area contributed by atoms with Crippen molar-refractivity contribution in [2.45, 2.75) is 26.4 Å². The fraction of sp³-hybridized carbons (Fsp3) is 0.333. The van der Waals surface area contributed by atoms with E-state index in [0.717, 1.165) is 10.5 Å². The molecule has 1 aromatic heterocycles. The lowest BCUT2D eigenvalue weighted by molar-refractivity contribution is -0.136. The Labute approximate surface area is 127 Å². The average molecular weight is 309 g/mol. The molecule has 1 heterocycles. The molecule has 21 heavy (non-hydrogen) atoms. The Bertz CT molecular complexity index is 548. The number of amides is 1. The van der Waals surface area contributed by atoms with Crippen molar-refractivity contribution in [2.75, 3.05) is 6.54 Å². The number of ether oxygens (including phenoxy) is 1. The highest BCUT2D eigenvalue weighted by Gasteiger charge is 2.13. The van der Waals surface area contributed by atoms with Gasteiger partial charge in [-0.15, -0.1) is 11.3 Å². The van der Waals surface area contributed by atoms with Crippen molar-refractivity contribution in [1.82, 2.24) is 5.32 Å². The summed E-state index contributed by atoms with van der Waals surface area (Å²) in [7, 11) is 0. The molecule has 0 aliphatic carbocycles. The molecule has 0 aliphatic rings. The van der Waals surface area contributed by atoms with Gasteiger partial charge in [-0.25, -0.2) is 0 Å². The zero-order valence-corrected chi connectivity index (χ0v) is 12.9. The van der Waals surface area contributed by atoms with Gasteiger partial charge in [-0.2, -0.15) is 0 Å². The van der Waals surface area contributed by atoms with E-state index in [1.54, 1.807) is 18.4 Å². The normalized spacial score (nSPS) is 12.1. The molecule has 1 amide bonds. The quantitative estimate of drug-likeness (QED) is 0.571. The van der Waals surface area contributed by atoms with E-state index < -0.39 is 5.97 Å². The number of carbonyl (C=O) groups excluding carboxylic acids is 1. The van der Waals surface area contributed by atoms with E-state index in [-0.39, 0.29) is 25.0 Å². The van der Waals surface area contributed by atoms with E-state index in [2.05, 4.69) is 11.9 Å². The minimum Gasteiger partial charge on any atom is -0.493 e. The molecule has 0 fully saturated rings. The number of hydrogen-bond donors (Lipinski definition) is 2. The molecule has 0 aliphatic heterocycles. The summed E-state index contributed by atoms with van der Waals surface area (Å²) in [4.78, 5) is 23.6. The van der Waals surface area contributed by atoms with Crippen LogP contribution in [0.5, 0.6) is 0 Å². The van der Waals surface area contributed by atoms with E-state index in [9.17, 15) is 9.59 Å². The molecule has 6 heteroatoms. The van der Waals surface area contributed by atoms with E-state index in [0.29, 0.717) is 4.88 Å². The van der Waals surface area contributed by atoms with Gasteiger partial charge in [0.1, 0.15) is 6.10 Å². The summed E-state index contributed by atoms with van der Waals surface area (Å²) >= 11 is 1.33. The minimum absolute atomic E-state index is 0.0881. The molecular formula is C15H19NO4S. The second-order valence-corrected chi connectivity index (χ2v) is 5.64. The highest BCUT2D eigenvalue weighted by Crippen LogP contribution is 2.25. The van der Waals surface area contributed by atoms with Crippen molar-refractivity contribution < 1.29 is 19.4 Å². The Balaban J connectivity index is 2.53. The second-order valence-electron chi connectivity index (χ2n) is 4.53. The van der Waals surface area contributed by atoms with Crippen molar-refractivity contribution in [3.8, 4) is 0 Å². The minimum atomic E-state index is -0.937. The molecule has 5 nitrogen and oxygen atoms in total. The lowest BCUT2D eigenvalue weighted by Gasteiger charge is -2.08. The molecule has 2 N–H and O–H groups in total. The maximum Gasteiger partial charge on any atom is 0.305 e. The molecule has 0 bridgehead atoms. The summed E-state index contributed by atoms with van der Waals surface area (Å²) in [6, 6.07) is 3.54. The first kappa shape index (κ1) is 17.0. The third kappa shape index (κ3) is 6.27. The fourth-order valence-electron chi connectivity index (χ4n) is 1.40. The number of rotatable bonds is 8. The molecule has 0 saturated carbocycles. The van der Waals surface area contributed by atoms with Crippen LogP contribution in [0.1, 0.15) is 40.9 Å². The van der Waals surface area contributed by atoms with Crippen LogP contribution in [-0.2, 0) is 9.53 Å². The van der Waals surface area contributed by atoms with E-state index in [1.165, 1.54) is 11.3 Å². The highest BCUT2D eigenvalue weighted by molar-refractivity contribution is 7.14. The molecule has 1 atom stereocenters. The molecular weight excluding hydrogens is 290 g/mol. The first-order valence-electron chi connectivity index (χ1n) is 6.47. The predicted octanol–water partition coefficient (Wildman–Crippen LogP) is 3.12. The predicted molar refractivity (Wildman–Crippen MR) is 82.4 cm³/mol. The summed E-state index contributed by atoms with van der Waals surface area (Å²) in [5.74, 6) is -1.20. The fourth-order valence-corrected chi connectivity index (χ4v) is 2.32. The lowest BCUT2D eigenvalue weighted by atomic mass is 10.3. The largest absolute Gasteiger partial charge is 0.493 e. The first-order chi connectivity index (χ1) is 9.90. The average Bonchev–Trinajstić information content (AvgIpc) is 2.87. The Morgan fingerprint density at radius 3 is 2.86 bits per heavy atom. The summed E-state index contributed by atoms with van der Waals surface area (Å²) < 4.78 is 5.50. The molecule has 1 rings (SSSR count). The van der Waals surface area contributed by atoms with Crippen molar-refractivity contribution >= 4 is 23.2 Å². The van der Waals surface area contributed by atoms with Gasteiger partial charge >= 0.3 is 5.97 Å². The standard InChI is InChI=1S/C15H19NO4S/c1-10(2)7-9-20-11(3)12-4-5-13(21-12)15(19)16-8-6-14(17)18/h4-5,7,9,11H,1,6,8H2,2-3H3,(H,16,19)(H,17,18)/b9-7+. The number of hydrogen-bond acceptors (Lipinski definition) is 4. The monoisotopic (exact) mass is 309 g/mol. The van der Waals surface area contributed by atoms with Crippen LogP contribution in [0.2, 0.25) is 0 Å². The summed E-state index contributed by atoms with van der Waals surface area (Å²) in [6.45, 7) is 7.61. The van der Waals surface area contributed by atoms with Gasteiger partial charge in [0.15, 0.2) is 0 Å². The molecule has 114 valence electrons. The first-order valence-corrected chi connectivity index (χ1v) is 7.29. The Hall–Kier alpha value is -2.08. The Morgan fingerprint density at radius 1 is 1.52 bits per heavy atom.